The number of anilines is 1. The molecule has 0 spiro atoms. The average molecular weight is 460 g/mol. The fourth-order valence-electron chi connectivity index (χ4n) is 4.12. The minimum atomic E-state index is -4.44. The van der Waals surface area contributed by atoms with E-state index in [4.69, 9.17) is 18.2 Å². The lowest BCUT2D eigenvalue weighted by Crippen LogP contribution is -2.37. The maximum atomic E-state index is 13.6. The van der Waals surface area contributed by atoms with Crippen LogP contribution < -0.4 is 4.90 Å². The lowest BCUT2D eigenvalue weighted by molar-refractivity contribution is -0.138. The molecule has 1 aliphatic rings. The van der Waals surface area contributed by atoms with Gasteiger partial charge in [0.15, 0.2) is 0 Å². The molecule has 5 nitrogen and oxygen atoms in total. The van der Waals surface area contributed by atoms with Crippen molar-refractivity contribution in [1.82, 2.24) is 14.9 Å². The quantitative estimate of drug-likeness (QED) is 0.465. The molecule has 1 atom stereocenters. The molecular formula is C23H21ClF3N5. The van der Waals surface area contributed by atoms with Gasteiger partial charge in [-0.2, -0.15) is 13.2 Å². The van der Waals surface area contributed by atoms with Crippen molar-refractivity contribution in [3.05, 3.63) is 88.2 Å². The molecular weight excluding hydrogens is 439 g/mol. The highest BCUT2D eigenvalue weighted by molar-refractivity contribution is 6.33. The number of halogens is 4. The number of nitrogens with zero attached hydrogens (tertiary/aromatic N) is 4. The molecule has 166 valence electrons. The van der Waals surface area contributed by atoms with Crippen LogP contribution in [0.1, 0.15) is 23.4 Å². The monoisotopic (exact) mass is 459 g/mol. The van der Waals surface area contributed by atoms with E-state index >= 15 is 0 Å². The second-order valence-corrected chi connectivity index (χ2v) is 8.15. The van der Waals surface area contributed by atoms with Gasteiger partial charge in [-0.05, 0) is 30.2 Å². The lowest BCUT2D eigenvalue weighted by Gasteiger charge is -2.32. The highest BCUT2D eigenvalue weighted by atomic mass is 35.5. The largest absolute Gasteiger partial charge is 0.416 e. The van der Waals surface area contributed by atoms with Crippen LogP contribution in [0.3, 0.4) is 0 Å². The highest BCUT2D eigenvalue weighted by Crippen LogP contribution is 2.36. The fourth-order valence-corrected chi connectivity index (χ4v) is 4.34. The molecule has 2 heterocycles. The van der Waals surface area contributed by atoms with Gasteiger partial charge in [-0.15, -0.1) is 0 Å². The third-order valence-electron chi connectivity index (χ3n) is 5.66. The molecule has 0 amide bonds. The van der Waals surface area contributed by atoms with Crippen molar-refractivity contribution in [1.29, 1.82) is 0 Å². The number of likely N-dealkylation sites (tertiary alicyclic amines) is 1. The summed E-state index contributed by atoms with van der Waals surface area (Å²) in [6.45, 7) is 9.42. The average Bonchev–Trinajstić information content (AvgIpc) is 3.44. The van der Waals surface area contributed by atoms with Gasteiger partial charge in [-0.3, -0.25) is 4.90 Å². The van der Waals surface area contributed by atoms with Gasteiger partial charge in [-0.25, -0.2) is 9.83 Å². The first kappa shape index (κ1) is 22.2. The molecule has 0 aliphatic carbocycles. The van der Waals surface area contributed by atoms with Crippen LogP contribution >= 0.6 is 11.6 Å². The Bertz CT molecular complexity index is 1110. The van der Waals surface area contributed by atoms with Crippen molar-refractivity contribution in [2.24, 2.45) is 0 Å². The summed E-state index contributed by atoms with van der Waals surface area (Å²) >= 11 is 6.27. The van der Waals surface area contributed by atoms with E-state index in [9.17, 15) is 13.2 Å². The topological polar surface area (TPSA) is 39.5 Å². The maximum Gasteiger partial charge on any atom is 0.416 e. The first-order valence-corrected chi connectivity index (χ1v) is 10.5. The van der Waals surface area contributed by atoms with E-state index in [-0.39, 0.29) is 23.2 Å². The Hall–Kier alpha value is -3.02. The maximum absolute atomic E-state index is 13.6. The third-order valence-corrected chi connectivity index (χ3v) is 5.97. The van der Waals surface area contributed by atoms with Gasteiger partial charge in [0.2, 0.25) is 5.69 Å². The molecule has 3 aromatic rings. The predicted molar refractivity (Wildman–Crippen MR) is 118 cm³/mol. The molecule has 1 fully saturated rings. The Morgan fingerprint density at radius 2 is 2.06 bits per heavy atom. The number of rotatable bonds is 6. The summed E-state index contributed by atoms with van der Waals surface area (Å²) in [5.41, 5.74) is 0.579. The Morgan fingerprint density at radius 1 is 1.25 bits per heavy atom. The molecule has 1 aliphatic heterocycles. The van der Waals surface area contributed by atoms with Gasteiger partial charge in [0, 0.05) is 48.8 Å². The third kappa shape index (κ3) is 4.90. The van der Waals surface area contributed by atoms with Gasteiger partial charge in [0.25, 0.3) is 0 Å². The van der Waals surface area contributed by atoms with Gasteiger partial charge in [-0.1, -0.05) is 35.9 Å². The molecule has 1 saturated heterocycles. The summed E-state index contributed by atoms with van der Waals surface area (Å²) in [4.78, 5) is 14.9. The van der Waals surface area contributed by atoms with Crippen LogP contribution in [-0.2, 0) is 19.3 Å². The van der Waals surface area contributed by atoms with E-state index in [1.54, 1.807) is 36.7 Å². The summed E-state index contributed by atoms with van der Waals surface area (Å²) in [5.74, 6) is 0.851. The Labute approximate surface area is 189 Å². The van der Waals surface area contributed by atoms with E-state index in [1.165, 1.54) is 12.1 Å². The van der Waals surface area contributed by atoms with Gasteiger partial charge < -0.3 is 9.88 Å². The van der Waals surface area contributed by atoms with Gasteiger partial charge in [0.05, 0.1) is 18.7 Å². The van der Waals surface area contributed by atoms with Crippen LogP contribution in [0.2, 0.25) is 5.02 Å². The van der Waals surface area contributed by atoms with Crippen LogP contribution in [0.25, 0.3) is 4.85 Å². The minimum Gasteiger partial charge on any atom is -0.363 e. The van der Waals surface area contributed by atoms with Crippen molar-refractivity contribution in [3.63, 3.8) is 0 Å². The summed E-state index contributed by atoms with van der Waals surface area (Å²) in [7, 11) is 0. The number of nitrogens with one attached hydrogen (secondary N) is 1. The van der Waals surface area contributed by atoms with Crippen molar-refractivity contribution in [3.8, 4) is 0 Å². The molecule has 4 rings (SSSR count). The zero-order chi connectivity index (χ0) is 22.7. The highest BCUT2D eigenvalue weighted by Gasteiger charge is 2.35. The molecule has 9 heteroatoms. The van der Waals surface area contributed by atoms with Crippen LogP contribution in [0.5, 0.6) is 0 Å². The lowest BCUT2D eigenvalue weighted by atomic mass is 10.0. The van der Waals surface area contributed by atoms with Crippen LogP contribution in [0.15, 0.2) is 54.9 Å². The number of hydrogen-bond acceptors (Lipinski definition) is 3. The van der Waals surface area contributed by atoms with E-state index in [0.29, 0.717) is 24.5 Å². The Morgan fingerprint density at radius 3 is 2.75 bits per heavy atom. The Balaban J connectivity index is 1.64. The van der Waals surface area contributed by atoms with Crippen LogP contribution in [0, 0.1) is 6.57 Å². The van der Waals surface area contributed by atoms with Crippen molar-refractivity contribution >= 4 is 23.0 Å². The van der Waals surface area contributed by atoms with Crippen molar-refractivity contribution < 1.29 is 13.2 Å². The van der Waals surface area contributed by atoms with Crippen molar-refractivity contribution in [2.45, 2.75) is 31.7 Å². The SMILES string of the molecule is [C-]#[N+]c1ccc(N(Cc2ccccc2C(F)(F)F)[C@H]2CCN(Cc3ncc[nH]3)C2)cc1Cl. The molecule has 0 unspecified atom stereocenters. The van der Waals surface area contributed by atoms with E-state index in [2.05, 4.69) is 19.7 Å². The summed E-state index contributed by atoms with van der Waals surface area (Å²) in [6.07, 6.45) is -0.180. The standard InChI is InChI=1S/C23H21ClF3N5/c1-28-21-7-6-17(12-20(21)24)32(13-16-4-2-3-5-19(16)23(25,26)27)18-8-11-31(14-18)15-22-29-9-10-30-22/h2-7,9-10,12,18H,8,11,13-15H2,(H,29,30)/t18-/m0/s1. The summed E-state index contributed by atoms with van der Waals surface area (Å²) in [5, 5.41) is 0.289. The molecule has 0 radical (unpaired) electrons. The minimum absolute atomic E-state index is 0.0129. The van der Waals surface area contributed by atoms with Gasteiger partial charge >= 0.3 is 6.18 Å². The number of alkyl halides is 3. The fraction of sp³-hybridized carbons (Fsp3) is 0.304. The smallest absolute Gasteiger partial charge is 0.363 e. The van der Waals surface area contributed by atoms with E-state index < -0.39 is 11.7 Å². The Kier molecular flexibility index (Phi) is 6.40. The summed E-state index contributed by atoms with van der Waals surface area (Å²) in [6, 6.07) is 10.7. The second kappa shape index (κ2) is 9.23. The normalized spacial score (nSPS) is 16.8. The molecule has 1 N–H and O–H groups in total. The van der Waals surface area contributed by atoms with Crippen LogP contribution in [-0.4, -0.2) is 34.0 Å². The van der Waals surface area contributed by atoms with E-state index in [0.717, 1.165) is 24.9 Å². The van der Waals surface area contributed by atoms with E-state index in [1.807, 2.05) is 4.90 Å². The summed E-state index contributed by atoms with van der Waals surface area (Å²) < 4.78 is 40.9. The number of H-pyrrole nitrogens is 1. The van der Waals surface area contributed by atoms with Gasteiger partial charge in [0.1, 0.15) is 5.82 Å². The van der Waals surface area contributed by atoms with Crippen molar-refractivity contribution in [2.75, 3.05) is 18.0 Å². The number of hydrogen-bond donors (Lipinski definition) is 1. The number of aromatic amines is 1. The number of aromatic nitrogens is 2. The number of benzene rings is 2. The molecule has 1 aromatic heterocycles. The molecule has 32 heavy (non-hydrogen) atoms. The zero-order valence-corrected chi connectivity index (χ0v) is 17.9. The van der Waals surface area contributed by atoms with Crippen LogP contribution in [0.4, 0.5) is 24.5 Å². The second-order valence-electron chi connectivity index (χ2n) is 7.74. The molecule has 0 bridgehead atoms. The predicted octanol–water partition coefficient (Wildman–Crippen LogP) is 5.91. The first-order valence-electron chi connectivity index (χ1n) is 10.1. The first-order chi connectivity index (χ1) is 15.3. The zero-order valence-electron chi connectivity index (χ0n) is 17.1. The molecule has 2 aromatic carbocycles. The number of imidazole rings is 1. The molecule has 0 saturated carbocycles.